The van der Waals surface area contributed by atoms with Gasteiger partial charge >= 0.3 is 5.97 Å². The molecule has 2 aliphatic rings. The second kappa shape index (κ2) is 10.9. The van der Waals surface area contributed by atoms with Crippen molar-refractivity contribution >= 4 is 16.9 Å². The molecular formula is C28H35N5O5. The number of carbonyl (C=O) groups excluding carboxylic acids is 1. The first-order valence-corrected chi connectivity index (χ1v) is 12.8. The number of aliphatic hydroxyl groups excluding tert-OH is 2. The molecule has 2 aromatic heterocycles. The number of hydrogen-bond acceptors (Lipinski definition) is 9. The Bertz CT molecular complexity index is 1510. The van der Waals surface area contributed by atoms with Gasteiger partial charge in [-0.25, -0.2) is 9.78 Å². The van der Waals surface area contributed by atoms with Gasteiger partial charge in [0.15, 0.2) is 6.10 Å². The number of nitrogens with two attached hydrogens (primary N) is 1. The maximum Gasteiger partial charge on any atom is 0.340 e. The molecule has 0 saturated heterocycles. The van der Waals surface area contributed by atoms with E-state index in [1.165, 1.54) is 0 Å². The van der Waals surface area contributed by atoms with Crippen LogP contribution in [-0.4, -0.2) is 45.9 Å². The number of aliphatic hydroxyl groups is 2. The van der Waals surface area contributed by atoms with Crippen molar-refractivity contribution in [3.63, 3.8) is 0 Å². The zero-order valence-corrected chi connectivity index (χ0v) is 22.4. The summed E-state index contributed by atoms with van der Waals surface area (Å²) in [6.07, 6.45) is -1.50. The molecule has 5 rings (SSSR count). The van der Waals surface area contributed by atoms with Crippen LogP contribution in [0.3, 0.4) is 0 Å². The number of aromatic nitrogens is 2. The van der Waals surface area contributed by atoms with E-state index in [0.717, 1.165) is 33.2 Å². The average molecular weight is 522 g/mol. The number of rotatable bonds is 6. The number of fused-ring (bicyclic) bond motifs is 5. The standard InChI is InChI=1S/C26H29N5O5.C2H6/c1-12-4-14-16(7-29-21(8-28-3)19(27)10-32)17-9-31-22(23(17)30-20(14)5-13(12)2)6-15-18(25(31)34)11-36-26(35)24(15)33;1-2/h4-6,24,28-29,32-33H,7-11,27H2,1-3H3;1-2H3/b21-19-;. The fraction of sp³-hybridized carbons (Fsp3) is 0.393. The number of pyridine rings is 2. The van der Waals surface area contributed by atoms with Crippen LogP contribution in [-0.2, 0) is 29.2 Å². The number of ether oxygens (including phenoxy) is 1. The first kappa shape index (κ1) is 27.3. The molecule has 1 unspecified atom stereocenters. The van der Waals surface area contributed by atoms with Gasteiger partial charge in [-0.1, -0.05) is 13.8 Å². The third-order valence-corrected chi connectivity index (χ3v) is 7.08. The largest absolute Gasteiger partial charge is 0.458 e. The summed E-state index contributed by atoms with van der Waals surface area (Å²) in [5.74, 6) is -0.766. The van der Waals surface area contributed by atoms with E-state index >= 15 is 0 Å². The first-order chi connectivity index (χ1) is 18.2. The Morgan fingerprint density at radius 1 is 1.18 bits per heavy atom. The van der Waals surface area contributed by atoms with E-state index in [1.807, 2.05) is 33.8 Å². The quantitative estimate of drug-likeness (QED) is 0.238. The molecule has 38 heavy (non-hydrogen) atoms. The SMILES string of the molecule is CC.CNC/C(NCc1c2c(nc3cc(C)c(C)cc13)-c1cc3c(c(=O)n1C2)COC(=O)C3O)=C(/N)CO. The van der Waals surface area contributed by atoms with Crippen molar-refractivity contribution in [3.05, 3.63) is 73.3 Å². The molecule has 2 aliphatic heterocycles. The van der Waals surface area contributed by atoms with E-state index in [2.05, 4.69) is 16.7 Å². The number of nitrogens with one attached hydrogen (secondary N) is 2. The van der Waals surface area contributed by atoms with Crippen LogP contribution in [0.5, 0.6) is 0 Å². The van der Waals surface area contributed by atoms with E-state index < -0.39 is 12.1 Å². The highest BCUT2D eigenvalue weighted by Gasteiger charge is 2.34. The summed E-state index contributed by atoms with van der Waals surface area (Å²) in [4.78, 5) is 30.3. The van der Waals surface area contributed by atoms with Crippen LogP contribution in [0.4, 0.5) is 0 Å². The van der Waals surface area contributed by atoms with E-state index in [9.17, 15) is 19.8 Å². The lowest BCUT2D eigenvalue weighted by molar-refractivity contribution is -0.157. The van der Waals surface area contributed by atoms with Crippen molar-refractivity contribution in [3.8, 4) is 11.4 Å². The Morgan fingerprint density at radius 2 is 1.89 bits per heavy atom. The average Bonchev–Trinajstić information content (AvgIpc) is 3.28. The molecule has 202 valence electrons. The highest BCUT2D eigenvalue weighted by molar-refractivity contribution is 5.89. The monoisotopic (exact) mass is 521 g/mol. The number of aryl methyl sites for hydroxylation is 2. The predicted molar refractivity (Wildman–Crippen MR) is 145 cm³/mol. The Labute approximate surface area is 221 Å². The molecule has 6 N–H and O–H groups in total. The van der Waals surface area contributed by atoms with Crippen LogP contribution in [0, 0.1) is 13.8 Å². The summed E-state index contributed by atoms with van der Waals surface area (Å²) in [5.41, 5.74) is 13.3. The number of cyclic esters (lactones) is 1. The third-order valence-electron chi connectivity index (χ3n) is 7.08. The molecule has 0 radical (unpaired) electrons. The predicted octanol–water partition coefficient (Wildman–Crippen LogP) is 1.63. The van der Waals surface area contributed by atoms with Crippen molar-refractivity contribution in [2.45, 2.75) is 53.5 Å². The van der Waals surface area contributed by atoms with Crippen LogP contribution < -0.4 is 21.9 Å². The number of nitrogens with zero attached hydrogens (tertiary/aromatic N) is 2. The Balaban J connectivity index is 0.00000164. The van der Waals surface area contributed by atoms with Crippen molar-refractivity contribution in [2.75, 3.05) is 20.2 Å². The lowest BCUT2D eigenvalue weighted by Gasteiger charge is -2.21. The van der Waals surface area contributed by atoms with Gasteiger partial charge in [0.25, 0.3) is 5.56 Å². The number of carbonyl (C=O) groups is 1. The van der Waals surface area contributed by atoms with Gasteiger partial charge in [0.2, 0.25) is 0 Å². The summed E-state index contributed by atoms with van der Waals surface area (Å²) < 4.78 is 6.62. The minimum absolute atomic E-state index is 0.165. The number of benzene rings is 1. The molecular weight excluding hydrogens is 486 g/mol. The fourth-order valence-electron chi connectivity index (χ4n) is 4.93. The van der Waals surface area contributed by atoms with Gasteiger partial charge in [-0.2, -0.15) is 0 Å². The summed E-state index contributed by atoms with van der Waals surface area (Å²) in [7, 11) is 1.80. The molecule has 0 bridgehead atoms. The Morgan fingerprint density at radius 3 is 2.58 bits per heavy atom. The minimum Gasteiger partial charge on any atom is -0.458 e. The molecule has 1 atom stereocenters. The highest BCUT2D eigenvalue weighted by atomic mass is 16.5. The molecule has 0 fully saturated rings. The fourth-order valence-corrected chi connectivity index (χ4v) is 4.93. The van der Waals surface area contributed by atoms with E-state index in [0.29, 0.717) is 42.4 Å². The minimum atomic E-state index is -1.50. The number of hydrogen-bond donors (Lipinski definition) is 5. The third kappa shape index (κ3) is 4.55. The lowest BCUT2D eigenvalue weighted by Crippen LogP contribution is -2.32. The van der Waals surface area contributed by atoms with E-state index in [4.69, 9.17) is 15.5 Å². The second-order valence-electron chi connectivity index (χ2n) is 9.28. The Hall–Kier alpha value is -3.73. The lowest BCUT2D eigenvalue weighted by atomic mass is 9.96. The van der Waals surface area contributed by atoms with Crippen LogP contribution >= 0.6 is 0 Å². The zero-order valence-electron chi connectivity index (χ0n) is 22.4. The van der Waals surface area contributed by atoms with Gasteiger partial charge in [-0.05, 0) is 55.8 Å². The maximum atomic E-state index is 13.4. The molecule has 3 aromatic rings. The molecule has 10 nitrogen and oxygen atoms in total. The molecule has 0 aliphatic carbocycles. The van der Waals surface area contributed by atoms with Crippen LogP contribution in [0.2, 0.25) is 0 Å². The van der Waals surface area contributed by atoms with Crippen molar-refractivity contribution in [1.82, 2.24) is 20.2 Å². The summed E-state index contributed by atoms with van der Waals surface area (Å²) >= 11 is 0. The number of likely N-dealkylation sites (N-methyl/N-ethyl adjacent to an activating group) is 1. The summed E-state index contributed by atoms with van der Waals surface area (Å²) in [6, 6.07) is 5.80. The van der Waals surface area contributed by atoms with Crippen LogP contribution in [0.15, 0.2) is 34.4 Å². The van der Waals surface area contributed by atoms with Crippen molar-refractivity contribution < 1.29 is 19.7 Å². The van der Waals surface area contributed by atoms with E-state index in [-0.39, 0.29) is 29.9 Å². The molecule has 10 heteroatoms. The molecule has 4 heterocycles. The first-order valence-electron chi connectivity index (χ1n) is 12.8. The molecule has 0 amide bonds. The van der Waals surface area contributed by atoms with Gasteiger partial charge < -0.3 is 35.9 Å². The van der Waals surface area contributed by atoms with E-state index in [1.54, 1.807) is 17.7 Å². The van der Waals surface area contributed by atoms with Gasteiger partial charge in [-0.15, -0.1) is 0 Å². The topological polar surface area (TPSA) is 152 Å². The van der Waals surface area contributed by atoms with Gasteiger partial charge in [0.1, 0.15) is 6.61 Å². The van der Waals surface area contributed by atoms with Crippen LogP contribution in [0.1, 0.15) is 53.3 Å². The van der Waals surface area contributed by atoms with Crippen LogP contribution in [0.25, 0.3) is 22.3 Å². The van der Waals surface area contributed by atoms with Gasteiger partial charge in [0, 0.05) is 35.3 Å². The molecule has 0 spiro atoms. The summed E-state index contributed by atoms with van der Waals surface area (Å²) in [5, 5.41) is 27.3. The second-order valence-corrected chi connectivity index (χ2v) is 9.28. The Kier molecular flexibility index (Phi) is 7.86. The van der Waals surface area contributed by atoms with Crippen molar-refractivity contribution in [2.24, 2.45) is 5.73 Å². The maximum absolute atomic E-state index is 13.4. The zero-order chi connectivity index (χ0) is 27.7. The number of esters is 1. The van der Waals surface area contributed by atoms with Gasteiger partial charge in [0.05, 0.1) is 41.3 Å². The summed E-state index contributed by atoms with van der Waals surface area (Å²) in [6.45, 7) is 8.78. The van der Waals surface area contributed by atoms with Gasteiger partial charge in [-0.3, -0.25) is 4.79 Å². The normalized spacial score (nSPS) is 16.1. The highest BCUT2D eigenvalue weighted by Crippen LogP contribution is 2.38. The molecule has 0 saturated carbocycles. The smallest absolute Gasteiger partial charge is 0.340 e. The molecule has 1 aromatic carbocycles. The van der Waals surface area contributed by atoms with Crippen molar-refractivity contribution in [1.29, 1.82) is 0 Å².